The van der Waals surface area contributed by atoms with Crippen molar-refractivity contribution in [1.82, 2.24) is 0 Å². The molecule has 0 radical (unpaired) electrons. The van der Waals surface area contributed by atoms with E-state index in [1.807, 2.05) is 12.1 Å². The Bertz CT molecular complexity index is 3430. The number of fused-ring (bicyclic) bond motifs is 11. The van der Waals surface area contributed by atoms with E-state index in [4.69, 9.17) is 8.83 Å². The molecule has 250 valence electrons. The van der Waals surface area contributed by atoms with Crippen LogP contribution in [-0.4, -0.2) is 0 Å². The summed E-state index contributed by atoms with van der Waals surface area (Å²) in [6.07, 6.45) is 0. The Balaban J connectivity index is 0.974. The Morgan fingerprint density at radius 2 is 0.778 bits per heavy atom. The summed E-state index contributed by atoms with van der Waals surface area (Å²) in [5, 5.41) is 14.2. The van der Waals surface area contributed by atoms with E-state index in [9.17, 15) is 0 Å². The molecule has 0 spiro atoms. The second-order valence-electron chi connectivity index (χ2n) is 14.4. The van der Waals surface area contributed by atoms with Gasteiger partial charge in [-0.05, 0) is 120 Å². The molecule has 0 saturated heterocycles. The number of rotatable bonds is 3. The first-order valence-electron chi connectivity index (χ1n) is 18.5. The van der Waals surface area contributed by atoms with Crippen LogP contribution in [0.25, 0.3) is 120 Å². The van der Waals surface area contributed by atoms with Crippen molar-refractivity contribution >= 4 is 87.0 Å². The highest BCUT2D eigenvalue weighted by Gasteiger charge is 2.18. The normalized spacial score (nSPS) is 12.1. The molecule has 12 rings (SSSR count). The smallest absolute Gasteiger partial charge is 0.143 e. The molecule has 2 heteroatoms. The molecule has 0 aliphatic carbocycles. The summed E-state index contributed by atoms with van der Waals surface area (Å²) in [4.78, 5) is 0. The van der Waals surface area contributed by atoms with Gasteiger partial charge >= 0.3 is 0 Å². The van der Waals surface area contributed by atoms with Crippen molar-refractivity contribution in [1.29, 1.82) is 0 Å². The van der Waals surface area contributed by atoms with Crippen LogP contribution in [0.3, 0.4) is 0 Å². The maximum atomic E-state index is 6.56. The maximum Gasteiger partial charge on any atom is 0.143 e. The van der Waals surface area contributed by atoms with Crippen molar-refractivity contribution in [2.24, 2.45) is 0 Å². The highest BCUT2D eigenvalue weighted by Crippen LogP contribution is 2.45. The van der Waals surface area contributed by atoms with E-state index in [2.05, 4.69) is 170 Å². The van der Waals surface area contributed by atoms with Gasteiger partial charge in [0, 0.05) is 26.9 Å². The van der Waals surface area contributed by atoms with Gasteiger partial charge in [0.05, 0.1) is 0 Å². The van der Waals surface area contributed by atoms with Gasteiger partial charge in [-0.1, -0.05) is 133 Å². The largest absolute Gasteiger partial charge is 0.456 e. The van der Waals surface area contributed by atoms with Crippen LogP contribution in [0.2, 0.25) is 0 Å². The lowest BCUT2D eigenvalue weighted by molar-refractivity contribution is 0.667. The molecule has 2 aromatic heterocycles. The fourth-order valence-electron chi connectivity index (χ4n) is 8.89. The average Bonchev–Trinajstić information content (AvgIpc) is 3.79. The van der Waals surface area contributed by atoms with E-state index in [0.29, 0.717) is 0 Å². The molecule has 0 bridgehead atoms. The summed E-state index contributed by atoms with van der Waals surface area (Å²) in [5.74, 6) is 0. The van der Waals surface area contributed by atoms with Crippen LogP contribution < -0.4 is 0 Å². The molecule has 10 aromatic carbocycles. The molecule has 0 aliphatic rings. The number of furan rings is 2. The fraction of sp³-hybridized carbons (Fsp3) is 0. The summed E-state index contributed by atoms with van der Waals surface area (Å²) in [7, 11) is 0. The van der Waals surface area contributed by atoms with Crippen LogP contribution in [0, 0.1) is 0 Å². The van der Waals surface area contributed by atoms with Crippen LogP contribution in [0.5, 0.6) is 0 Å². The minimum absolute atomic E-state index is 0.877. The van der Waals surface area contributed by atoms with Gasteiger partial charge in [-0.15, -0.1) is 0 Å². The molecule has 12 aromatic rings. The van der Waals surface area contributed by atoms with Gasteiger partial charge in [0.25, 0.3) is 0 Å². The lowest BCUT2D eigenvalue weighted by atomic mass is 9.85. The Kier molecular flexibility index (Phi) is 6.09. The lowest BCUT2D eigenvalue weighted by Gasteiger charge is -2.18. The van der Waals surface area contributed by atoms with Crippen LogP contribution >= 0.6 is 0 Å². The number of hydrogen-bond acceptors (Lipinski definition) is 2. The highest BCUT2D eigenvalue weighted by atomic mass is 16.3. The van der Waals surface area contributed by atoms with Gasteiger partial charge in [0.15, 0.2) is 0 Å². The molecule has 0 N–H and O–H groups in total. The maximum absolute atomic E-state index is 6.56. The molecule has 54 heavy (non-hydrogen) atoms. The summed E-state index contributed by atoms with van der Waals surface area (Å²) >= 11 is 0. The number of hydrogen-bond donors (Lipinski definition) is 0. The molecule has 0 aliphatic heterocycles. The highest BCUT2D eigenvalue weighted by molar-refractivity contribution is 6.22. The monoisotopic (exact) mass is 686 g/mol. The molecule has 0 unspecified atom stereocenters. The van der Waals surface area contributed by atoms with Crippen LogP contribution in [0.15, 0.2) is 191 Å². The van der Waals surface area contributed by atoms with Gasteiger partial charge in [0.1, 0.15) is 22.3 Å². The zero-order valence-corrected chi connectivity index (χ0v) is 29.1. The summed E-state index contributed by atoms with van der Waals surface area (Å²) < 4.78 is 12.8. The molecular weight excluding hydrogens is 657 g/mol. The predicted octanol–water partition coefficient (Wildman–Crippen LogP) is 15.1. The van der Waals surface area contributed by atoms with Crippen LogP contribution in [-0.2, 0) is 0 Å². The molecule has 2 heterocycles. The fourth-order valence-corrected chi connectivity index (χ4v) is 8.89. The molecule has 0 saturated carbocycles. The molecule has 0 atom stereocenters. The molecule has 0 fully saturated rings. The third-order valence-electron chi connectivity index (χ3n) is 11.4. The third kappa shape index (κ3) is 4.28. The molecular formula is C52H30O2. The first kappa shape index (κ1) is 29.4. The second-order valence-corrected chi connectivity index (χ2v) is 14.4. The summed E-state index contributed by atoms with van der Waals surface area (Å²) in [5.41, 5.74) is 10.9. The van der Waals surface area contributed by atoms with Gasteiger partial charge < -0.3 is 8.83 Å². The van der Waals surface area contributed by atoms with Gasteiger partial charge in [-0.3, -0.25) is 0 Å². The molecule has 2 nitrogen and oxygen atoms in total. The Hall–Kier alpha value is -7.16. The Labute approximate surface area is 310 Å². The number of benzene rings is 10. The van der Waals surface area contributed by atoms with Crippen molar-refractivity contribution in [2.45, 2.75) is 0 Å². The minimum Gasteiger partial charge on any atom is -0.456 e. The second kappa shape index (κ2) is 11.2. The quantitative estimate of drug-likeness (QED) is 0.173. The summed E-state index contributed by atoms with van der Waals surface area (Å²) in [6.45, 7) is 0. The average molecular weight is 687 g/mol. The lowest BCUT2D eigenvalue weighted by Crippen LogP contribution is -1.90. The summed E-state index contributed by atoms with van der Waals surface area (Å²) in [6, 6.07) is 65.8. The SMILES string of the molecule is c1ccc(-c2c3ccccc3c(-c3ccc4cc(-c5ccc6oc7c8cc9oc%10ccccc%10c9cc8ccc7c6c5)ccc4c3)c3ccccc23)cc1. The van der Waals surface area contributed by atoms with Gasteiger partial charge in [-0.25, -0.2) is 0 Å². The zero-order valence-electron chi connectivity index (χ0n) is 29.1. The minimum atomic E-state index is 0.877. The van der Waals surface area contributed by atoms with Crippen LogP contribution in [0.4, 0.5) is 0 Å². The van der Waals surface area contributed by atoms with Crippen molar-refractivity contribution in [2.75, 3.05) is 0 Å². The van der Waals surface area contributed by atoms with E-state index in [1.54, 1.807) is 0 Å². The van der Waals surface area contributed by atoms with Crippen molar-refractivity contribution in [3.05, 3.63) is 182 Å². The van der Waals surface area contributed by atoms with E-state index < -0.39 is 0 Å². The topological polar surface area (TPSA) is 26.3 Å². The molecule has 0 amide bonds. The first-order chi connectivity index (χ1) is 26.7. The van der Waals surface area contributed by atoms with Gasteiger partial charge in [-0.2, -0.15) is 0 Å². The predicted molar refractivity (Wildman–Crippen MR) is 227 cm³/mol. The third-order valence-corrected chi connectivity index (χ3v) is 11.4. The Morgan fingerprint density at radius 3 is 1.52 bits per heavy atom. The first-order valence-corrected chi connectivity index (χ1v) is 18.5. The Morgan fingerprint density at radius 1 is 0.241 bits per heavy atom. The van der Waals surface area contributed by atoms with Crippen molar-refractivity contribution in [3.8, 4) is 33.4 Å². The van der Waals surface area contributed by atoms with E-state index in [0.717, 1.165) is 60.2 Å². The van der Waals surface area contributed by atoms with E-state index >= 15 is 0 Å². The van der Waals surface area contributed by atoms with Crippen molar-refractivity contribution in [3.63, 3.8) is 0 Å². The standard InChI is InChI=1S/C52H30O2/c1-2-10-31(11-3-1)50-39-13-4-6-15-41(39)51(42-16-7-5-14-40(42)50)37-21-20-32-26-33(18-19-34(32)27-37)35-23-25-48-46(28-35)43-24-22-36-29-45-38-12-8-9-17-47(38)53-49(45)30-44(36)52(43)54-48/h1-30H. The van der Waals surface area contributed by atoms with Crippen molar-refractivity contribution < 1.29 is 8.83 Å². The van der Waals surface area contributed by atoms with Gasteiger partial charge in [0.2, 0.25) is 0 Å². The van der Waals surface area contributed by atoms with E-state index in [-0.39, 0.29) is 0 Å². The van der Waals surface area contributed by atoms with E-state index in [1.165, 1.54) is 60.1 Å². The van der Waals surface area contributed by atoms with Crippen LogP contribution in [0.1, 0.15) is 0 Å². The zero-order chi connectivity index (χ0) is 35.3. The number of para-hydroxylation sites is 1.